The summed E-state index contributed by atoms with van der Waals surface area (Å²) in [7, 11) is 0. The quantitative estimate of drug-likeness (QED) is 0.178. The number of aromatic amines is 1. The molecule has 0 bridgehead atoms. The number of hydrogen-bond acceptors (Lipinski definition) is 4. The second kappa shape index (κ2) is 10.9. The van der Waals surface area contributed by atoms with Gasteiger partial charge in [-0.3, -0.25) is 9.59 Å². The first-order valence-electron chi connectivity index (χ1n) is 12.9. The van der Waals surface area contributed by atoms with Crippen LogP contribution in [0.5, 0.6) is 0 Å². The van der Waals surface area contributed by atoms with E-state index in [1.807, 2.05) is 79.1 Å². The summed E-state index contributed by atoms with van der Waals surface area (Å²) in [6.07, 6.45) is 1.54. The Morgan fingerprint density at radius 3 is 2.54 bits per heavy atom. The zero-order valence-corrected chi connectivity index (χ0v) is 23.8. The number of aryl methyl sites for hydroxylation is 2. The van der Waals surface area contributed by atoms with E-state index >= 15 is 0 Å². The molecule has 0 saturated carbocycles. The van der Waals surface area contributed by atoms with Crippen LogP contribution in [0.25, 0.3) is 32.9 Å². The van der Waals surface area contributed by atoms with Crippen molar-refractivity contribution in [3.8, 4) is 11.1 Å². The summed E-state index contributed by atoms with van der Waals surface area (Å²) in [5.74, 6) is -0.583. The third kappa shape index (κ3) is 5.13. The van der Waals surface area contributed by atoms with Crippen LogP contribution in [0, 0.1) is 13.8 Å². The maximum absolute atomic E-state index is 14.1. The van der Waals surface area contributed by atoms with Crippen LogP contribution in [0.3, 0.4) is 0 Å². The van der Waals surface area contributed by atoms with Crippen LogP contribution in [0.1, 0.15) is 27.2 Å². The minimum absolute atomic E-state index is 0.195. The zero-order valence-electron chi connectivity index (χ0n) is 22.3. The lowest BCUT2D eigenvalue weighted by atomic mass is 10.0. The SMILES string of the molecule is Cc1ccc([S+]([O-])NC(=O)c2c(-c3ccc[nH]c3=O)c3cc(C)ccc3n2Cc2cc3ccccc3nc2Cl)cc1. The summed E-state index contributed by atoms with van der Waals surface area (Å²) in [6.45, 7) is 4.08. The molecule has 3 heterocycles. The molecule has 2 N–H and O–H groups in total. The van der Waals surface area contributed by atoms with E-state index in [0.717, 1.165) is 32.9 Å². The molecule has 0 fully saturated rings. The molecule has 1 amide bonds. The van der Waals surface area contributed by atoms with Crippen LogP contribution in [0.4, 0.5) is 0 Å². The topological polar surface area (TPSA) is 103 Å². The zero-order chi connectivity index (χ0) is 28.7. The fourth-order valence-corrected chi connectivity index (χ4v) is 6.00. The van der Waals surface area contributed by atoms with Crippen molar-refractivity contribution in [2.24, 2.45) is 0 Å². The van der Waals surface area contributed by atoms with Crippen molar-refractivity contribution < 1.29 is 9.35 Å². The Morgan fingerprint density at radius 1 is 1.00 bits per heavy atom. The summed E-state index contributed by atoms with van der Waals surface area (Å²) in [6, 6.07) is 25.9. The molecule has 1 atom stereocenters. The van der Waals surface area contributed by atoms with Gasteiger partial charge in [0.2, 0.25) is 0 Å². The van der Waals surface area contributed by atoms with E-state index in [1.165, 1.54) is 0 Å². The van der Waals surface area contributed by atoms with Crippen molar-refractivity contribution in [3.05, 3.63) is 129 Å². The number of carbonyl (C=O) groups excluding carboxylic acids is 1. The van der Waals surface area contributed by atoms with Crippen LogP contribution >= 0.6 is 11.6 Å². The number of nitrogens with one attached hydrogen (secondary N) is 2. The third-order valence-electron chi connectivity index (χ3n) is 7.02. The van der Waals surface area contributed by atoms with Gasteiger partial charge in [0, 0.05) is 39.2 Å². The molecule has 0 aliphatic carbocycles. The molecule has 6 aromatic rings. The van der Waals surface area contributed by atoms with Gasteiger partial charge < -0.3 is 14.1 Å². The highest BCUT2D eigenvalue weighted by atomic mass is 35.5. The summed E-state index contributed by atoms with van der Waals surface area (Å²) in [5.41, 5.74) is 4.80. The van der Waals surface area contributed by atoms with Gasteiger partial charge >= 0.3 is 5.91 Å². The summed E-state index contributed by atoms with van der Waals surface area (Å²) in [5, 5.41) is 1.94. The van der Waals surface area contributed by atoms with Gasteiger partial charge in [0.25, 0.3) is 5.56 Å². The van der Waals surface area contributed by atoms with E-state index in [9.17, 15) is 14.1 Å². The highest BCUT2D eigenvalue weighted by molar-refractivity contribution is 7.90. The van der Waals surface area contributed by atoms with Gasteiger partial charge in [0.1, 0.15) is 22.2 Å². The molecule has 1 unspecified atom stereocenters. The molecule has 9 heteroatoms. The normalized spacial score (nSPS) is 12.1. The lowest BCUT2D eigenvalue weighted by Crippen LogP contribution is -2.33. The van der Waals surface area contributed by atoms with Crippen LogP contribution in [-0.4, -0.2) is 25.0 Å². The van der Waals surface area contributed by atoms with E-state index in [0.29, 0.717) is 26.7 Å². The van der Waals surface area contributed by atoms with Crippen molar-refractivity contribution in [2.45, 2.75) is 25.3 Å². The number of benzene rings is 3. The van der Waals surface area contributed by atoms with Gasteiger partial charge in [-0.1, -0.05) is 59.1 Å². The van der Waals surface area contributed by atoms with E-state index in [-0.39, 0.29) is 17.8 Å². The Hall–Kier alpha value is -4.37. The number of H-pyrrole nitrogens is 1. The molecule has 3 aromatic heterocycles. The van der Waals surface area contributed by atoms with Crippen LogP contribution < -0.4 is 10.3 Å². The predicted octanol–water partition coefficient (Wildman–Crippen LogP) is 6.32. The number of fused-ring (bicyclic) bond motifs is 2. The second-order valence-electron chi connectivity index (χ2n) is 9.89. The molecule has 0 saturated heterocycles. The number of nitrogens with zero attached hydrogens (tertiary/aromatic N) is 2. The smallest absolute Gasteiger partial charge is 0.309 e. The van der Waals surface area contributed by atoms with Crippen LogP contribution in [0.2, 0.25) is 5.15 Å². The lowest BCUT2D eigenvalue weighted by molar-refractivity contribution is 0.0973. The predicted molar refractivity (Wildman–Crippen MR) is 164 cm³/mol. The number of carbonyl (C=O) groups is 1. The minimum Gasteiger partial charge on any atom is -0.588 e. The molecular formula is C32H25ClN4O3S. The summed E-state index contributed by atoms with van der Waals surface area (Å²) in [4.78, 5) is 34.9. The van der Waals surface area contributed by atoms with E-state index in [1.54, 1.807) is 30.5 Å². The molecule has 0 spiro atoms. The van der Waals surface area contributed by atoms with Crippen molar-refractivity contribution in [2.75, 3.05) is 0 Å². The molecule has 204 valence electrons. The number of amides is 1. The molecular weight excluding hydrogens is 556 g/mol. The minimum atomic E-state index is -1.83. The summed E-state index contributed by atoms with van der Waals surface area (Å²) >= 11 is 4.83. The Kier molecular flexibility index (Phi) is 7.13. The van der Waals surface area contributed by atoms with Gasteiger partial charge in [-0.25, -0.2) is 4.98 Å². The van der Waals surface area contributed by atoms with Crippen molar-refractivity contribution >= 4 is 50.7 Å². The van der Waals surface area contributed by atoms with E-state index in [2.05, 4.69) is 14.7 Å². The van der Waals surface area contributed by atoms with E-state index in [4.69, 9.17) is 11.6 Å². The lowest BCUT2D eigenvalue weighted by Gasteiger charge is -2.15. The van der Waals surface area contributed by atoms with Crippen molar-refractivity contribution in [3.63, 3.8) is 0 Å². The number of hydrogen-bond donors (Lipinski definition) is 2. The van der Waals surface area contributed by atoms with Gasteiger partial charge in [0.05, 0.1) is 12.1 Å². The second-order valence-corrected chi connectivity index (χ2v) is 11.5. The van der Waals surface area contributed by atoms with Crippen LogP contribution in [0.15, 0.2) is 101 Å². The Bertz CT molecular complexity index is 2000. The number of pyridine rings is 2. The van der Waals surface area contributed by atoms with Gasteiger partial charge in [0.15, 0.2) is 4.90 Å². The number of aromatic nitrogens is 3. The average molecular weight is 581 g/mol. The van der Waals surface area contributed by atoms with Crippen LogP contribution in [-0.2, 0) is 17.9 Å². The fraction of sp³-hybridized carbons (Fsp3) is 0.0938. The van der Waals surface area contributed by atoms with Gasteiger partial charge in [-0.2, -0.15) is 4.72 Å². The fourth-order valence-electron chi connectivity index (χ4n) is 5.03. The molecule has 0 aliphatic heterocycles. The Morgan fingerprint density at radius 2 is 1.76 bits per heavy atom. The highest BCUT2D eigenvalue weighted by Gasteiger charge is 2.29. The molecule has 3 aromatic carbocycles. The molecule has 0 aliphatic rings. The van der Waals surface area contributed by atoms with Gasteiger partial charge in [-0.05, 0) is 62.4 Å². The van der Waals surface area contributed by atoms with Crippen molar-refractivity contribution in [1.29, 1.82) is 0 Å². The number of halogens is 1. The first-order valence-corrected chi connectivity index (χ1v) is 14.5. The Labute approximate surface area is 244 Å². The van der Waals surface area contributed by atoms with Gasteiger partial charge in [-0.15, -0.1) is 0 Å². The first-order chi connectivity index (χ1) is 19.8. The standard InChI is InChI=1S/C32H25ClN4O3S/c1-19-9-12-23(13-10-19)41(40)36-32(39)29-28(24-7-5-15-34-31(24)38)25-16-20(2)11-14-27(25)37(29)18-22-17-21-6-3-4-8-26(21)35-30(22)33/h3-17H,18H2,1-2H3,(H,34,38)(H,36,39). The molecule has 0 radical (unpaired) electrons. The summed E-state index contributed by atoms with van der Waals surface area (Å²) < 4.78 is 17.7. The first kappa shape index (κ1) is 26.8. The third-order valence-corrected chi connectivity index (χ3v) is 8.42. The molecule has 7 nitrogen and oxygen atoms in total. The highest BCUT2D eigenvalue weighted by Crippen LogP contribution is 2.36. The number of rotatable bonds is 6. The average Bonchev–Trinajstić information content (AvgIpc) is 3.26. The monoisotopic (exact) mass is 580 g/mol. The molecule has 6 rings (SSSR count). The largest absolute Gasteiger partial charge is 0.588 e. The van der Waals surface area contributed by atoms with E-state index < -0.39 is 17.3 Å². The molecule has 41 heavy (non-hydrogen) atoms. The maximum atomic E-state index is 14.1. The van der Waals surface area contributed by atoms with Crippen molar-refractivity contribution in [1.82, 2.24) is 19.3 Å². The maximum Gasteiger partial charge on any atom is 0.309 e. The Balaban J connectivity index is 1.57. The number of para-hydroxylation sites is 1.